The van der Waals surface area contributed by atoms with Crippen LogP contribution in [0.25, 0.3) is 0 Å². The number of carbonyl (C=O) groups excluding carboxylic acids is 2. The molecule has 0 spiro atoms. The van der Waals surface area contributed by atoms with E-state index in [1.54, 1.807) is 19.1 Å². The maximum Gasteiger partial charge on any atom is 0.273 e. The molecule has 8 heteroatoms. The van der Waals surface area contributed by atoms with Gasteiger partial charge in [0.2, 0.25) is 11.8 Å². The van der Waals surface area contributed by atoms with Crippen molar-refractivity contribution in [2.45, 2.75) is 37.4 Å². The number of carbonyl (C=O) groups is 2. The highest BCUT2D eigenvalue weighted by atomic mass is 32.2. The Hall–Kier alpha value is -1.67. The average molecular weight is 342 g/mol. The Balaban J connectivity index is 2.09. The van der Waals surface area contributed by atoms with E-state index in [1.807, 2.05) is 6.08 Å². The standard InChI is InChI=1S/C14H18N2O4S2/c1-10(17)15-9-11-5-6-12(21-11)22(19,20)16-13(18)14(2)7-3-4-8-14/h3,5-7H,4,8-9H2,1-2H3,(H,15,17)(H,16,18). The molecule has 0 bridgehead atoms. The second-order valence-electron chi connectivity index (χ2n) is 5.42. The van der Waals surface area contributed by atoms with E-state index in [2.05, 4.69) is 10.0 Å². The summed E-state index contributed by atoms with van der Waals surface area (Å²) in [6.07, 6.45) is 4.99. The zero-order valence-corrected chi connectivity index (χ0v) is 14.0. The van der Waals surface area contributed by atoms with Crippen LogP contribution in [0.1, 0.15) is 31.6 Å². The van der Waals surface area contributed by atoms with Crippen molar-refractivity contribution in [2.75, 3.05) is 0 Å². The van der Waals surface area contributed by atoms with Gasteiger partial charge in [-0.05, 0) is 31.9 Å². The van der Waals surface area contributed by atoms with Gasteiger partial charge in [0, 0.05) is 11.8 Å². The van der Waals surface area contributed by atoms with Crippen molar-refractivity contribution in [2.24, 2.45) is 5.41 Å². The van der Waals surface area contributed by atoms with E-state index in [0.717, 1.165) is 17.8 Å². The minimum atomic E-state index is -3.88. The van der Waals surface area contributed by atoms with E-state index in [1.165, 1.54) is 13.0 Å². The molecule has 0 saturated heterocycles. The van der Waals surface area contributed by atoms with Crippen LogP contribution in [-0.2, 0) is 26.2 Å². The number of nitrogens with one attached hydrogen (secondary N) is 2. The van der Waals surface area contributed by atoms with Gasteiger partial charge in [-0.25, -0.2) is 13.1 Å². The molecule has 2 rings (SSSR count). The first-order valence-corrected chi connectivity index (χ1v) is 9.11. The molecule has 1 unspecified atom stereocenters. The monoisotopic (exact) mass is 342 g/mol. The molecule has 0 saturated carbocycles. The van der Waals surface area contributed by atoms with Gasteiger partial charge in [-0.15, -0.1) is 11.3 Å². The Morgan fingerprint density at radius 3 is 2.68 bits per heavy atom. The number of allylic oxidation sites excluding steroid dienone is 1. The second-order valence-corrected chi connectivity index (χ2v) is 8.50. The van der Waals surface area contributed by atoms with E-state index < -0.39 is 21.3 Å². The van der Waals surface area contributed by atoms with Crippen LogP contribution in [-0.4, -0.2) is 20.2 Å². The normalized spacial score (nSPS) is 20.8. The predicted octanol–water partition coefficient (Wildman–Crippen LogP) is 1.55. The quantitative estimate of drug-likeness (QED) is 0.794. The molecular formula is C14H18N2O4S2. The zero-order chi connectivity index (χ0) is 16.4. The van der Waals surface area contributed by atoms with Gasteiger partial charge < -0.3 is 5.32 Å². The van der Waals surface area contributed by atoms with Crippen molar-refractivity contribution in [3.8, 4) is 0 Å². The van der Waals surface area contributed by atoms with Crippen LogP contribution in [0.3, 0.4) is 0 Å². The fourth-order valence-corrected chi connectivity index (χ4v) is 4.48. The Morgan fingerprint density at radius 1 is 1.36 bits per heavy atom. The van der Waals surface area contributed by atoms with Crippen LogP contribution in [0.4, 0.5) is 0 Å². The van der Waals surface area contributed by atoms with Crippen molar-refractivity contribution < 1.29 is 18.0 Å². The maximum atomic E-state index is 12.3. The number of amides is 2. The molecule has 1 aliphatic carbocycles. The van der Waals surface area contributed by atoms with Gasteiger partial charge in [0.05, 0.1) is 12.0 Å². The summed E-state index contributed by atoms with van der Waals surface area (Å²) in [7, 11) is -3.88. The molecule has 1 atom stereocenters. The Bertz CT molecular complexity index is 721. The summed E-state index contributed by atoms with van der Waals surface area (Å²) in [4.78, 5) is 23.7. The zero-order valence-electron chi connectivity index (χ0n) is 12.4. The van der Waals surface area contributed by atoms with Crippen molar-refractivity contribution in [3.05, 3.63) is 29.2 Å². The summed E-state index contributed by atoms with van der Waals surface area (Å²) in [6, 6.07) is 3.06. The first-order valence-electron chi connectivity index (χ1n) is 6.81. The topological polar surface area (TPSA) is 92.3 Å². The van der Waals surface area contributed by atoms with Gasteiger partial charge >= 0.3 is 0 Å². The van der Waals surface area contributed by atoms with Gasteiger partial charge in [-0.1, -0.05) is 12.2 Å². The van der Waals surface area contributed by atoms with E-state index in [4.69, 9.17) is 0 Å². The lowest BCUT2D eigenvalue weighted by Gasteiger charge is -2.20. The molecule has 1 aromatic heterocycles. The third-order valence-electron chi connectivity index (χ3n) is 3.48. The molecule has 6 nitrogen and oxygen atoms in total. The van der Waals surface area contributed by atoms with E-state index >= 15 is 0 Å². The number of rotatable bonds is 5. The Morgan fingerprint density at radius 2 is 2.09 bits per heavy atom. The van der Waals surface area contributed by atoms with Gasteiger partial charge in [-0.3, -0.25) is 9.59 Å². The molecule has 0 fully saturated rings. The van der Waals surface area contributed by atoms with Crippen LogP contribution >= 0.6 is 11.3 Å². The SMILES string of the molecule is CC(=O)NCc1ccc(S(=O)(=O)NC(=O)C2(C)C=CCC2)s1. The second kappa shape index (κ2) is 6.21. The molecular weight excluding hydrogens is 324 g/mol. The molecule has 22 heavy (non-hydrogen) atoms. The summed E-state index contributed by atoms with van der Waals surface area (Å²) in [5, 5.41) is 2.60. The van der Waals surface area contributed by atoms with Crippen molar-refractivity contribution in [1.82, 2.24) is 10.0 Å². The number of hydrogen-bond acceptors (Lipinski definition) is 5. The summed E-state index contributed by atoms with van der Waals surface area (Å²) in [5.74, 6) is -0.704. The molecule has 0 radical (unpaired) electrons. The highest BCUT2D eigenvalue weighted by molar-refractivity contribution is 7.92. The lowest BCUT2D eigenvalue weighted by Crippen LogP contribution is -2.39. The van der Waals surface area contributed by atoms with Crippen molar-refractivity contribution in [3.63, 3.8) is 0 Å². The van der Waals surface area contributed by atoms with Crippen LogP contribution in [0.5, 0.6) is 0 Å². The molecule has 2 N–H and O–H groups in total. The summed E-state index contributed by atoms with van der Waals surface area (Å²) < 4.78 is 26.7. The average Bonchev–Trinajstić information content (AvgIpc) is 3.05. The first kappa shape index (κ1) is 16.7. The number of thiophene rings is 1. The molecule has 0 aromatic carbocycles. The molecule has 120 valence electrons. The number of hydrogen-bond donors (Lipinski definition) is 2. The third-order valence-corrected chi connectivity index (χ3v) is 6.38. The van der Waals surface area contributed by atoms with Crippen molar-refractivity contribution in [1.29, 1.82) is 0 Å². The highest BCUT2D eigenvalue weighted by Crippen LogP contribution is 2.32. The third kappa shape index (κ3) is 3.75. The van der Waals surface area contributed by atoms with Crippen LogP contribution < -0.4 is 10.0 Å². The largest absolute Gasteiger partial charge is 0.351 e. The molecule has 1 aromatic rings. The van der Waals surface area contributed by atoms with E-state index in [9.17, 15) is 18.0 Å². The molecule has 1 aliphatic rings. The van der Waals surface area contributed by atoms with Crippen LogP contribution in [0.2, 0.25) is 0 Å². The highest BCUT2D eigenvalue weighted by Gasteiger charge is 2.35. The first-order chi connectivity index (χ1) is 10.2. The van der Waals surface area contributed by atoms with Gasteiger partial charge in [0.25, 0.3) is 10.0 Å². The molecule has 2 amide bonds. The fourth-order valence-electron chi connectivity index (χ4n) is 2.10. The van der Waals surface area contributed by atoms with E-state index in [0.29, 0.717) is 11.3 Å². The Kier molecular flexibility index (Phi) is 4.72. The predicted molar refractivity (Wildman–Crippen MR) is 83.6 cm³/mol. The smallest absolute Gasteiger partial charge is 0.273 e. The summed E-state index contributed by atoms with van der Waals surface area (Å²) in [6.45, 7) is 3.38. The minimum absolute atomic E-state index is 0.0618. The summed E-state index contributed by atoms with van der Waals surface area (Å²) in [5.41, 5.74) is -0.774. The van der Waals surface area contributed by atoms with Gasteiger partial charge in [-0.2, -0.15) is 0 Å². The van der Waals surface area contributed by atoms with Crippen LogP contribution in [0, 0.1) is 5.41 Å². The number of sulfonamides is 1. The molecule has 0 aliphatic heterocycles. The van der Waals surface area contributed by atoms with Gasteiger partial charge in [0.15, 0.2) is 0 Å². The van der Waals surface area contributed by atoms with E-state index in [-0.39, 0.29) is 16.7 Å². The van der Waals surface area contributed by atoms with Crippen molar-refractivity contribution >= 4 is 33.2 Å². The summed E-state index contributed by atoms with van der Waals surface area (Å²) >= 11 is 1.03. The Labute approximate surface area is 133 Å². The lowest BCUT2D eigenvalue weighted by molar-refractivity contribution is -0.126. The maximum absolute atomic E-state index is 12.3. The lowest BCUT2D eigenvalue weighted by atomic mass is 9.90. The molecule has 1 heterocycles. The van der Waals surface area contributed by atoms with Gasteiger partial charge in [0.1, 0.15) is 4.21 Å². The van der Waals surface area contributed by atoms with Crippen LogP contribution in [0.15, 0.2) is 28.5 Å². The minimum Gasteiger partial charge on any atom is -0.351 e. The fraction of sp³-hybridized carbons (Fsp3) is 0.429.